The molecule has 1 unspecified atom stereocenters. The second kappa shape index (κ2) is 14.2. The second-order valence-corrected chi connectivity index (χ2v) is 13.6. The summed E-state index contributed by atoms with van der Waals surface area (Å²) >= 11 is 3.50. The van der Waals surface area contributed by atoms with Gasteiger partial charge in [0.25, 0.3) is 0 Å². The topological polar surface area (TPSA) is 96.0 Å². The third-order valence-electron chi connectivity index (χ3n) is 7.50. The molecule has 10 heteroatoms. The highest BCUT2D eigenvalue weighted by Gasteiger charge is 2.34. The molecular formula is C32H38BrN3O5S. The number of aryl methyl sites for hydroxylation is 1. The van der Waals surface area contributed by atoms with Gasteiger partial charge in [-0.05, 0) is 60.7 Å². The fourth-order valence-electron chi connectivity index (χ4n) is 5.34. The van der Waals surface area contributed by atoms with E-state index < -0.39 is 28.5 Å². The van der Waals surface area contributed by atoms with Gasteiger partial charge in [-0.3, -0.25) is 13.9 Å². The molecule has 0 heterocycles. The molecule has 1 aliphatic carbocycles. The maximum Gasteiger partial charge on any atom is 0.244 e. The number of carbonyl (C=O) groups is 2. The van der Waals surface area contributed by atoms with Crippen LogP contribution in [0.3, 0.4) is 0 Å². The van der Waals surface area contributed by atoms with E-state index in [9.17, 15) is 18.0 Å². The van der Waals surface area contributed by atoms with E-state index in [1.165, 1.54) is 12.0 Å². The fourth-order valence-corrected chi connectivity index (χ4v) is 6.63. The van der Waals surface area contributed by atoms with Gasteiger partial charge >= 0.3 is 0 Å². The summed E-state index contributed by atoms with van der Waals surface area (Å²) in [6, 6.07) is 21.5. The normalized spacial score (nSPS) is 14.3. The average Bonchev–Trinajstić information content (AvgIpc) is 3.46. The Morgan fingerprint density at radius 3 is 2.33 bits per heavy atom. The van der Waals surface area contributed by atoms with Crippen LogP contribution in [0, 0.1) is 6.92 Å². The Labute approximate surface area is 257 Å². The zero-order valence-electron chi connectivity index (χ0n) is 24.3. The third-order valence-corrected chi connectivity index (χ3v) is 9.12. The SMILES string of the molecule is COc1ccc(C)cc1N(CC(=O)N(Cc1cccc(Br)c1)C(Cc1ccccc1)C(=O)NC1CCCC1)S(C)(=O)=O. The molecule has 42 heavy (non-hydrogen) atoms. The van der Waals surface area contributed by atoms with E-state index >= 15 is 0 Å². The molecule has 0 aromatic heterocycles. The molecule has 2 amide bonds. The summed E-state index contributed by atoms with van der Waals surface area (Å²) in [5, 5.41) is 3.18. The number of sulfonamides is 1. The number of rotatable bonds is 12. The first kappa shape index (κ1) is 31.6. The van der Waals surface area contributed by atoms with Gasteiger partial charge < -0.3 is 15.0 Å². The minimum atomic E-state index is -3.90. The second-order valence-electron chi connectivity index (χ2n) is 10.8. The molecule has 3 aromatic carbocycles. The monoisotopic (exact) mass is 655 g/mol. The summed E-state index contributed by atoms with van der Waals surface area (Å²) in [5.41, 5.74) is 2.79. The van der Waals surface area contributed by atoms with Crippen LogP contribution in [0.2, 0.25) is 0 Å². The number of hydrogen-bond acceptors (Lipinski definition) is 5. The zero-order chi connectivity index (χ0) is 30.3. The third kappa shape index (κ3) is 8.35. The van der Waals surface area contributed by atoms with Crippen LogP contribution in [0.1, 0.15) is 42.4 Å². The first-order chi connectivity index (χ1) is 20.0. The molecule has 0 bridgehead atoms. The number of halogens is 1. The van der Waals surface area contributed by atoms with Crippen molar-refractivity contribution in [2.24, 2.45) is 0 Å². The number of anilines is 1. The van der Waals surface area contributed by atoms with Crippen LogP contribution >= 0.6 is 15.9 Å². The van der Waals surface area contributed by atoms with Crippen LogP contribution < -0.4 is 14.4 Å². The highest BCUT2D eigenvalue weighted by Crippen LogP contribution is 2.31. The summed E-state index contributed by atoms with van der Waals surface area (Å²) in [6.45, 7) is 1.47. The first-order valence-electron chi connectivity index (χ1n) is 14.1. The Morgan fingerprint density at radius 2 is 1.69 bits per heavy atom. The van der Waals surface area contributed by atoms with Gasteiger partial charge in [-0.15, -0.1) is 0 Å². The highest BCUT2D eigenvalue weighted by atomic mass is 79.9. The van der Waals surface area contributed by atoms with E-state index in [0.717, 1.165) is 57.4 Å². The highest BCUT2D eigenvalue weighted by molar-refractivity contribution is 9.10. The molecule has 4 rings (SSSR count). The molecule has 1 aliphatic rings. The molecule has 224 valence electrons. The van der Waals surface area contributed by atoms with Gasteiger partial charge in [-0.1, -0.05) is 77.3 Å². The average molecular weight is 657 g/mol. The molecule has 0 radical (unpaired) electrons. The number of ether oxygens (including phenoxy) is 1. The van der Waals surface area contributed by atoms with Crippen molar-refractivity contribution in [2.45, 2.75) is 57.7 Å². The molecule has 1 saturated carbocycles. The van der Waals surface area contributed by atoms with Crippen molar-refractivity contribution in [3.63, 3.8) is 0 Å². The lowest BCUT2D eigenvalue weighted by Gasteiger charge is -2.34. The molecule has 1 N–H and O–H groups in total. The number of amides is 2. The molecule has 1 atom stereocenters. The number of nitrogens with zero attached hydrogens (tertiary/aromatic N) is 2. The van der Waals surface area contributed by atoms with Crippen LogP contribution in [0.15, 0.2) is 77.3 Å². The van der Waals surface area contributed by atoms with Crippen LogP contribution in [-0.2, 0) is 32.6 Å². The smallest absolute Gasteiger partial charge is 0.244 e. The van der Waals surface area contributed by atoms with Gasteiger partial charge in [-0.2, -0.15) is 0 Å². The lowest BCUT2D eigenvalue weighted by atomic mass is 10.0. The zero-order valence-corrected chi connectivity index (χ0v) is 26.7. The summed E-state index contributed by atoms with van der Waals surface area (Å²) in [4.78, 5) is 29.8. The number of benzene rings is 3. The molecular weight excluding hydrogens is 618 g/mol. The van der Waals surface area contributed by atoms with Gasteiger partial charge in [0.1, 0.15) is 18.3 Å². The summed E-state index contributed by atoms with van der Waals surface area (Å²) in [7, 11) is -2.44. The number of methoxy groups -OCH3 is 1. The Morgan fingerprint density at radius 1 is 1.00 bits per heavy atom. The van der Waals surface area contributed by atoms with E-state index in [1.54, 1.807) is 12.1 Å². The van der Waals surface area contributed by atoms with Crippen molar-refractivity contribution in [3.8, 4) is 5.75 Å². The van der Waals surface area contributed by atoms with Gasteiger partial charge in [-0.25, -0.2) is 8.42 Å². The lowest BCUT2D eigenvalue weighted by Crippen LogP contribution is -2.54. The summed E-state index contributed by atoms with van der Waals surface area (Å²) in [6.07, 6.45) is 5.25. The largest absolute Gasteiger partial charge is 0.495 e. The molecule has 3 aromatic rings. The molecule has 0 spiro atoms. The van der Waals surface area contributed by atoms with Crippen molar-refractivity contribution in [1.29, 1.82) is 0 Å². The van der Waals surface area contributed by atoms with Gasteiger partial charge in [0.05, 0.1) is 19.1 Å². The van der Waals surface area contributed by atoms with E-state index in [0.29, 0.717) is 5.75 Å². The number of hydrogen-bond donors (Lipinski definition) is 1. The van der Waals surface area contributed by atoms with E-state index in [4.69, 9.17) is 4.74 Å². The molecule has 0 saturated heterocycles. The van der Waals surface area contributed by atoms with Gasteiger partial charge in [0.15, 0.2) is 0 Å². The number of nitrogens with one attached hydrogen (secondary N) is 1. The van der Waals surface area contributed by atoms with Crippen molar-refractivity contribution in [1.82, 2.24) is 10.2 Å². The van der Waals surface area contributed by atoms with Crippen molar-refractivity contribution in [2.75, 3.05) is 24.2 Å². The van der Waals surface area contributed by atoms with Crippen LogP contribution in [0.25, 0.3) is 0 Å². The predicted molar refractivity (Wildman–Crippen MR) is 169 cm³/mol. The molecule has 0 aliphatic heterocycles. The molecule has 1 fully saturated rings. The first-order valence-corrected chi connectivity index (χ1v) is 16.7. The Bertz CT molecular complexity index is 1490. The Hall–Kier alpha value is -3.37. The van der Waals surface area contributed by atoms with Crippen molar-refractivity contribution < 1.29 is 22.7 Å². The van der Waals surface area contributed by atoms with Crippen LogP contribution in [-0.4, -0.2) is 57.1 Å². The maximum atomic E-state index is 14.3. The van der Waals surface area contributed by atoms with Crippen molar-refractivity contribution >= 4 is 43.5 Å². The van der Waals surface area contributed by atoms with E-state index in [1.807, 2.05) is 67.6 Å². The Balaban J connectivity index is 1.76. The molecule has 8 nitrogen and oxygen atoms in total. The quantitative estimate of drug-likeness (QED) is 0.288. The fraction of sp³-hybridized carbons (Fsp3) is 0.375. The van der Waals surface area contributed by atoms with Gasteiger partial charge in [0, 0.05) is 23.5 Å². The minimum absolute atomic E-state index is 0.0580. The summed E-state index contributed by atoms with van der Waals surface area (Å²) in [5.74, 6) is -0.406. The van der Waals surface area contributed by atoms with E-state index in [-0.39, 0.29) is 30.6 Å². The lowest BCUT2D eigenvalue weighted by molar-refractivity contribution is -0.140. The van der Waals surface area contributed by atoms with E-state index in [2.05, 4.69) is 21.2 Å². The van der Waals surface area contributed by atoms with Crippen LogP contribution in [0.5, 0.6) is 5.75 Å². The van der Waals surface area contributed by atoms with Crippen molar-refractivity contribution in [3.05, 3.63) is 94.0 Å². The maximum absolute atomic E-state index is 14.3. The number of carbonyl (C=O) groups excluding carboxylic acids is 2. The standard InChI is InChI=1S/C32H38BrN3O5S/c1-23-16-17-30(41-2)28(18-23)36(42(3,39)40)22-31(37)35(21-25-12-9-13-26(33)19-25)29(20-24-10-5-4-6-11-24)32(38)34-27-14-7-8-15-27/h4-6,9-13,16-19,27,29H,7-8,14-15,20-22H2,1-3H3,(H,34,38). The summed E-state index contributed by atoms with van der Waals surface area (Å²) < 4.78 is 33.6. The predicted octanol–water partition coefficient (Wildman–Crippen LogP) is 5.23. The van der Waals surface area contributed by atoms with Crippen LogP contribution in [0.4, 0.5) is 5.69 Å². The van der Waals surface area contributed by atoms with Gasteiger partial charge in [0.2, 0.25) is 21.8 Å². The minimum Gasteiger partial charge on any atom is -0.495 e. The Kier molecular flexibility index (Phi) is 10.7.